The topological polar surface area (TPSA) is 50.3 Å². The molecule has 0 fully saturated rings. The van der Waals surface area contributed by atoms with Crippen LogP contribution < -0.4 is 4.31 Å². The summed E-state index contributed by atoms with van der Waals surface area (Å²) in [4.78, 5) is 4.25. The molecular formula is C14H12N2O2S2. The van der Waals surface area contributed by atoms with E-state index in [1.807, 2.05) is 18.2 Å². The summed E-state index contributed by atoms with van der Waals surface area (Å²) in [6.45, 7) is 0. The van der Waals surface area contributed by atoms with E-state index in [2.05, 4.69) is 4.98 Å². The van der Waals surface area contributed by atoms with Crippen molar-refractivity contribution in [3.63, 3.8) is 0 Å². The van der Waals surface area contributed by atoms with E-state index in [0.29, 0.717) is 9.90 Å². The van der Waals surface area contributed by atoms with E-state index in [0.717, 1.165) is 10.9 Å². The molecule has 0 unspecified atom stereocenters. The first-order chi connectivity index (χ1) is 9.60. The van der Waals surface area contributed by atoms with Gasteiger partial charge < -0.3 is 0 Å². The van der Waals surface area contributed by atoms with Crippen molar-refractivity contribution in [2.45, 2.75) is 4.21 Å². The fraction of sp³-hybridized carbons (Fsp3) is 0.0714. The van der Waals surface area contributed by atoms with Crippen LogP contribution in [0.1, 0.15) is 0 Å². The van der Waals surface area contributed by atoms with Gasteiger partial charge in [-0.25, -0.2) is 8.42 Å². The van der Waals surface area contributed by atoms with Crippen LogP contribution in [0.4, 0.5) is 5.69 Å². The van der Waals surface area contributed by atoms with E-state index < -0.39 is 10.0 Å². The van der Waals surface area contributed by atoms with Gasteiger partial charge in [0.1, 0.15) is 4.21 Å². The average molecular weight is 304 g/mol. The molecule has 3 rings (SSSR count). The highest BCUT2D eigenvalue weighted by Crippen LogP contribution is 2.30. The third-order valence-corrected chi connectivity index (χ3v) is 6.22. The monoisotopic (exact) mass is 304 g/mol. The minimum absolute atomic E-state index is 0.334. The maximum atomic E-state index is 12.6. The third kappa shape index (κ3) is 2.07. The quantitative estimate of drug-likeness (QED) is 0.747. The number of anilines is 1. The zero-order valence-electron chi connectivity index (χ0n) is 10.7. The van der Waals surface area contributed by atoms with Crippen LogP contribution in [0.3, 0.4) is 0 Å². The van der Waals surface area contributed by atoms with Gasteiger partial charge >= 0.3 is 0 Å². The number of sulfonamides is 1. The Morgan fingerprint density at radius 1 is 1.10 bits per heavy atom. The van der Waals surface area contributed by atoms with Crippen molar-refractivity contribution in [3.8, 4) is 0 Å². The van der Waals surface area contributed by atoms with E-state index >= 15 is 0 Å². The Bertz CT molecular complexity index is 837. The summed E-state index contributed by atoms with van der Waals surface area (Å²) in [5.74, 6) is 0. The van der Waals surface area contributed by atoms with Crippen LogP contribution in [0, 0.1) is 0 Å². The summed E-state index contributed by atoms with van der Waals surface area (Å²) in [5.41, 5.74) is 1.40. The van der Waals surface area contributed by atoms with Gasteiger partial charge in [0.15, 0.2) is 0 Å². The van der Waals surface area contributed by atoms with E-state index in [1.165, 1.54) is 15.6 Å². The number of pyridine rings is 1. The molecule has 102 valence electrons. The Kier molecular flexibility index (Phi) is 3.19. The molecular weight excluding hydrogens is 292 g/mol. The number of nitrogens with zero attached hydrogens (tertiary/aromatic N) is 2. The van der Waals surface area contributed by atoms with E-state index in [4.69, 9.17) is 0 Å². The molecule has 0 saturated carbocycles. The normalized spacial score (nSPS) is 11.7. The number of benzene rings is 1. The maximum Gasteiger partial charge on any atom is 0.273 e. The van der Waals surface area contributed by atoms with Gasteiger partial charge in [-0.1, -0.05) is 12.1 Å². The van der Waals surface area contributed by atoms with Crippen molar-refractivity contribution >= 4 is 38.0 Å². The van der Waals surface area contributed by atoms with Gasteiger partial charge in [0, 0.05) is 18.6 Å². The Morgan fingerprint density at radius 2 is 1.95 bits per heavy atom. The highest BCUT2D eigenvalue weighted by atomic mass is 32.2. The number of hydrogen-bond acceptors (Lipinski definition) is 4. The van der Waals surface area contributed by atoms with Gasteiger partial charge in [0.2, 0.25) is 0 Å². The van der Waals surface area contributed by atoms with Crippen molar-refractivity contribution in [1.82, 2.24) is 4.98 Å². The fourth-order valence-corrected chi connectivity index (χ4v) is 4.41. The van der Waals surface area contributed by atoms with Crippen LogP contribution in [0.5, 0.6) is 0 Å². The van der Waals surface area contributed by atoms with Crippen LogP contribution in [-0.4, -0.2) is 20.4 Å². The van der Waals surface area contributed by atoms with Crippen molar-refractivity contribution in [2.24, 2.45) is 0 Å². The second kappa shape index (κ2) is 4.88. The van der Waals surface area contributed by atoms with Crippen LogP contribution in [0.25, 0.3) is 10.9 Å². The summed E-state index contributed by atoms with van der Waals surface area (Å²) in [6, 6.07) is 12.5. The van der Waals surface area contributed by atoms with Crippen LogP contribution in [-0.2, 0) is 10.0 Å². The largest absolute Gasteiger partial charge is 0.273 e. The molecule has 2 heterocycles. The Hall–Kier alpha value is -1.92. The molecule has 0 bridgehead atoms. The Labute approximate surface area is 121 Å². The number of fused-ring (bicyclic) bond motifs is 1. The molecule has 4 nitrogen and oxygen atoms in total. The first kappa shape index (κ1) is 13.1. The summed E-state index contributed by atoms with van der Waals surface area (Å²) in [6.07, 6.45) is 1.69. The van der Waals surface area contributed by atoms with Crippen LogP contribution >= 0.6 is 11.3 Å². The molecule has 6 heteroatoms. The SMILES string of the molecule is CN(c1cccc2ncccc12)S(=O)(=O)c1cccs1. The molecule has 0 saturated heterocycles. The zero-order chi connectivity index (χ0) is 14.2. The highest BCUT2D eigenvalue weighted by Gasteiger charge is 2.23. The van der Waals surface area contributed by atoms with Gasteiger partial charge in [0.25, 0.3) is 10.0 Å². The second-order valence-electron chi connectivity index (χ2n) is 4.25. The Morgan fingerprint density at radius 3 is 2.70 bits per heavy atom. The molecule has 2 aromatic heterocycles. The molecule has 0 aliphatic carbocycles. The summed E-state index contributed by atoms with van der Waals surface area (Å²) in [5, 5.41) is 2.57. The first-order valence-corrected chi connectivity index (χ1v) is 8.29. The van der Waals surface area contributed by atoms with Crippen molar-refractivity contribution in [1.29, 1.82) is 0 Å². The lowest BCUT2D eigenvalue weighted by molar-refractivity contribution is 0.596. The molecule has 0 aliphatic rings. The number of aromatic nitrogens is 1. The molecule has 20 heavy (non-hydrogen) atoms. The van der Waals surface area contributed by atoms with Gasteiger partial charge in [-0.2, -0.15) is 0 Å². The standard InChI is InChI=1S/C14H12N2O2S2/c1-16(20(17,18)14-8-4-10-19-14)13-7-2-6-12-11(13)5-3-9-15-12/h2-10H,1H3. The minimum Gasteiger partial charge on any atom is -0.268 e. The summed E-state index contributed by atoms with van der Waals surface area (Å²) < 4.78 is 26.7. The van der Waals surface area contributed by atoms with Gasteiger partial charge in [-0.05, 0) is 35.7 Å². The number of rotatable bonds is 3. The van der Waals surface area contributed by atoms with Gasteiger partial charge in [-0.15, -0.1) is 11.3 Å². The molecule has 0 N–H and O–H groups in total. The lowest BCUT2D eigenvalue weighted by Gasteiger charge is -2.20. The number of hydrogen-bond donors (Lipinski definition) is 0. The predicted octanol–water partition coefficient (Wildman–Crippen LogP) is 3.12. The van der Waals surface area contributed by atoms with Crippen molar-refractivity contribution in [3.05, 3.63) is 54.0 Å². The van der Waals surface area contributed by atoms with E-state index in [-0.39, 0.29) is 0 Å². The maximum absolute atomic E-state index is 12.6. The molecule has 0 spiro atoms. The first-order valence-electron chi connectivity index (χ1n) is 5.97. The molecule has 1 aromatic carbocycles. The van der Waals surface area contributed by atoms with E-state index in [9.17, 15) is 8.42 Å². The molecule has 0 radical (unpaired) electrons. The zero-order valence-corrected chi connectivity index (χ0v) is 12.4. The Balaban J connectivity index is 2.17. The molecule has 0 amide bonds. The molecule has 3 aromatic rings. The van der Waals surface area contributed by atoms with Crippen LogP contribution in [0.2, 0.25) is 0 Å². The van der Waals surface area contributed by atoms with Gasteiger partial charge in [-0.3, -0.25) is 9.29 Å². The van der Waals surface area contributed by atoms with Crippen molar-refractivity contribution in [2.75, 3.05) is 11.4 Å². The lowest BCUT2D eigenvalue weighted by Crippen LogP contribution is -2.26. The van der Waals surface area contributed by atoms with Gasteiger partial charge in [0.05, 0.1) is 11.2 Å². The van der Waals surface area contributed by atoms with Crippen molar-refractivity contribution < 1.29 is 8.42 Å². The lowest BCUT2D eigenvalue weighted by atomic mass is 10.2. The minimum atomic E-state index is -3.52. The van der Waals surface area contributed by atoms with Crippen LogP contribution in [0.15, 0.2) is 58.3 Å². The highest BCUT2D eigenvalue weighted by molar-refractivity contribution is 7.94. The fourth-order valence-electron chi connectivity index (χ4n) is 2.04. The number of thiophene rings is 1. The second-order valence-corrected chi connectivity index (χ2v) is 7.40. The average Bonchev–Trinajstić information content (AvgIpc) is 3.01. The smallest absolute Gasteiger partial charge is 0.268 e. The summed E-state index contributed by atoms with van der Waals surface area (Å²) >= 11 is 1.21. The predicted molar refractivity (Wildman–Crippen MR) is 81.7 cm³/mol. The third-order valence-electron chi connectivity index (χ3n) is 3.07. The summed E-state index contributed by atoms with van der Waals surface area (Å²) in [7, 11) is -1.95. The molecule has 0 atom stereocenters. The molecule has 0 aliphatic heterocycles. The van der Waals surface area contributed by atoms with E-state index in [1.54, 1.807) is 42.9 Å².